The number of hydrogen-bond donors (Lipinski definition) is 2. The summed E-state index contributed by atoms with van der Waals surface area (Å²) in [6.45, 7) is 7.48. The van der Waals surface area contributed by atoms with E-state index in [1.807, 2.05) is 42.2 Å². The third-order valence-electron chi connectivity index (χ3n) is 6.60. The Morgan fingerprint density at radius 1 is 1.13 bits per heavy atom. The summed E-state index contributed by atoms with van der Waals surface area (Å²) in [6.07, 6.45) is 1.71. The highest BCUT2D eigenvalue weighted by Crippen LogP contribution is 2.33. The molecule has 0 bridgehead atoms. The number of carbonyl (C=O) groups is 2. The van der Waals surface area contributed by atoms with Crippen LogP contribution in [-0.4, -0.2) is 47.2 Å². The van der Waals surface area contributed by atoms with Crippen LogP contribution in [0.3, 0.4) is 0 Å². The van der Waals surface area contributed by atoms with Gasteiger partial charge < -0.3 is 10.2 Å². The maximum absolute atomic E-state index is 13.4. The summed E-state index contributed by atoms with van der Waals surface area (Å²) in [5.41, 5.74) is 3.25. The SMILES string of the molecule is CC(=O)N1CCC(CN2C(=N)NC(C)(c3cccc(-c4cccc(C)c4)c3)C2=O)CC1. The molecule has 4 rings (SSSR count). The first-order valence-electron chi connectivity index (χ1n) is 10.9. The van der Waals surface area contributed by atoms with Crippen LogP contribution in [-0.2, 0) is 15.1 Å². The highest BCUT2D eigenvalue weighted by Gasteiger charge is 2.47. The van der Waals surface area contributed by atoms with Gasteiger partial charge in [0.2, 0.25) is 5.91 Å². The molecule has 2 fully saturated rings. The van der Waals surface area contributed by atoms with E-state index in [1.165, 1.54) is 5.56 Å². The molecule has 1 unspecified atom stereocenters. The van der Waals surface area contributed by atoms with Crippen molar-refractivity contribution in [3.8, 4) is 11.1 Å². The lowest BCUT2D eigenvalue weighted by Gasteiger charge is -2.33. The topological polar surface area (TPSA) is 76.5 Å². The Balaban J connectivity index is 1.52. The van der Waals surface area contributed by atoms with Gasteiger partial charge in [0.25, 0.3) is 5.91 Å². The number of nitrogens with one attached hydrogen (secondary N) is 2. The summed E-state index contributed by atoms with van der Waals surface area (Å²) in [5, 5.41) is 11.6. The maximum Gasteiger partial charge on any atom is 0.259 e. The molecule has 2 amide bonds. The lowest BCUT2D eigenvalue weighted by Crippen LogP contribution is -2.43. The molecule has 6 nitrogen and oxygen atoms in total. The number of benzene rings is 2. The number of guanidine groups is 1. The summed E-state index contributed by atoms with van der Waals surface area (Å²) >= 11 is 0. The van der Waals surface area contributed by atoms with Gasteiger partial charge in [-0.15, -0.1) is 0 Å². The molecular weight excluding hydrogens is 388 g/mol. The van der Waals surface area contributed by atoms with Crippen LogP contribution >= 0.6 is 0 Å². The molecule has 0 saturated carbocycles. The first kappa shape index (κ1) is 21.1. The number of aryl methyl sites for hydroxylation is 1. The van der Waals surface area contributed by atoms with Crippen molar-refractivity contribution in [2.75, 3.05) is 19.6 Å². The summed E-state index contributed by atoms with van der Waals surface area (Å²) in [7, 11) is 0. The second-order valence-electron chi connectivity index (χ2n) is 8.91. The van der Waals surface area contributed by atoms with Gasteiger partial charge in [0.05, 0.1) is 0 Å². The summed E-state index contributed by atoms with van der Waals surface area (Å²) in [6, 6.07) is 16.3. The molecule has 2 N–H and O–H groups in total. The van der Waals surface area contributed by atoms with E-state index in [9.17, 15) is 9.59 Å². The van der Waals surface area contributed by atoms with Crippen LogP contribution in [0.15, 0.2) is 48.5 Å². The zero-order valence-corrected chi connectivity index (χ0v) is 18.4. The Kier molecular flexibility index (Phi) is 5.56. The van der Waals surface area contributed by atoms with Crippen molar-refractivity contribution < 1.29 is 9.59 Å². The van der Waals surface area contributed by atoms with Crippen molar-refractivity contribution >= 4 is 17.8 Å². The number of nitrogens with zero attached hydrogens (tertiary/aromatic N) is 2. The van der Waals surface area contributed by atoms with Crippen LogP contribution in [0.5, 0.6) is 0 Å². The number of piperidine rings is 1. The molecule has 6 heteroatoms. The van der Waals surface area contributed by atoms with E-state index >= 15 is 0 Å². The van der Waals surface area contributed by atoms with Crippen molar-refractivity contribution in [1.82, 2.24) is 15.1 Å². The van der Waals surface area contributed by atoms with E-state index in [-0.39, 0.29) is 17.8 Å². The average Bonchev–Trinajstić information content (AvgIpc) is 2.98. The largest absolute Gasteiger partial charge is 0.343 e. The third-order valence-corrected chi connectivity index (χ3v) is 6.60. The van der Waals surface area contributed by atoms with Crippen molar-refractivity contribution in [2.45, 2.75) is 39.2 Å². The molecule has 2 heterocycles. The van der Waals surface area contributed by atoms with Crippen molar-refractivity contribution in [3.05, 3.63) is 59.7 Å². The second kappa shape index (κ2) is 8.17. The smallest absolute Gasteiger partial charge is 0.259 e. The predicted molar refractivity (Wildman–Crippen MR) is 122 cm³/mol. The van der Waals surface area contributed by atoms with Gasteiger partial charge in [-0.1, -0.05) is 48.0 Å². The van der Waals surface area contributed by atoms with Crippen LogP contribution in [0.1, 0.15) is 37.8 Å². The number of amides is 2. The van der Waals surface area contributed by atoms with Crippen molar-refractivity contribution in [2.24, 2.45) is 5.92 Å². The van der Waals surface area contributed by atoms with Gasteiger partial charge in [-0.3, -0.25) is 19.9 Å². The molecule has 0 aliphatic carbocycles. The standard InChI is InChI=1S/C25H30N4O2/c1-17-6-4-7-20(14-17)21-8-5-9-22(15-21)25(3)23(31)29(24(26)27-25)16-19-10-12-28(13-11-19)18(2)30/h4-9,14-15,19H,10-13,16H2,1-3H3,(H2,26,27). The van der Waals surface area contributed by atoms with Gasteiger partial charge >= 0.3 is 0 Å². The minimum atomic E-state index is -0.961. The molecule has 0 radical (unpaired) electrons. The van der Waals surface area contributed by atoms with Crippen molar-refractivity contribution in [3.63, 3.8) is 0 Å². The van der Waals surface area contributed by atoms with Crippen LogP contribution in [0, 0.1) is 18.3 Å². The molecular formula is C25H30N4O2. The normalized spacial score (nSPS) is 22.0. The first-order chi connectivity index (χ1) is 14.8. The average molecular weight is 419 g/mol. The van der Waals surface area contributed by atoms with E-state index in [0.29, 0.717) is 12.5 Å². The molecule has 0 spiro atoms. The molecule has 2 aromatic rings. The lowest BCUT2D eigenvalue weighted by molar-refractivity contribution is -0.133. The van der Waals surface area contributed by atoms with Gasteiger partial charge in [-0.25, -0.2) is 0 Å². The first-order valence-corrected chi connectivity index (χ1v) is 10.9. The Hall–Kier alpha value is -3.15. The fraction of sp³-hybridized carbons (Fsp3) is 0.400. The van der Waals surface area contributed by atoms with E-state index in [0.717, 1.165) is 42.6 Å². The molecule has 31 heavy (non-hydrogen) atoms. The monoisotopic (exact) mass is 418 g/mol. The van der Waals surface area contributed by atoms with E-state index < -0.39 is 5.54 Å². The van der Waals surface area contributed by atoms with Crippen LogP contribution in [0.2, 0.25) is 0 Å². The fourth-order valence-electron chi connectivity index (χ4n) is 4.62. The number of rotatable bonds is 4. The van der Waals surface area contributed by atoms with Gasteiger partial charge in [-0.05, 0) is 55.4 Å². The molecule has 2 aliphatic heterocycles. The van der Waals surface area contributed by atoms with Crippen LogP contribution in [0.25, 0.3) is 11.1 Å². The van der Waals surface area contributed by atoms with Gasteiger partial charge in [0, 0.05) is 26.6 Å². The Morgan fingerprint density at radius 2 is 1.77 bits per heavy atom. The van der Waals surface area contributed by atoms with Crippen LogP contribution < -0.4 is 5.32 Å². The fourth-order valence-corrected chi connectivity index (χ4v) is 4.62. The molecule has 162 valence electrons. The predicted octanol–water partition coefficient (Wildman–Crippen LogP) is 3.50. The zero-order chi connectivity index (χ0) is 22.2. The van der Waals surface area contributed by atoms with Gasteiger partial charge in [0.15, 0.2) is 5.96 Å². The number of likely N-dealkylation sites (tertiary alicyclic amines) is 1. The van der Waals surface area contributed by atoms with Crippen molar-refractivity contribution in [1.29, 1.82) is 5.41 Å². The molecule has 2 aliphatic rings. The van der Waals surface area contributed by atoms with E-state index in [4.69, 9.17) is 5.41 Å². The minimum absolute atomic E-state index is 0.0899. The highest BCUT2D eigenvalue weighted by atomic mass is 16.2. The highest BCUT2D eigenvalue weighted by molar-refractivity contribution is 6.08. The van der Waals surface area contributed by atoms with Gasteiger partial charge in [-0.2, -0.15) is 0 Å². The quantitative estimate of drug-likeness (QED) is 0.798. The maximum atomic E-state index is 13.4. The van der Waals surface area contributed by atoms with Gasteiger partial charge in [0.1, 0.15) is 5.54 Å². The molecule has 1 atom stereocenters. The minimum Gasteiger partial charge on any atom is -0.343 e. The third kappa shape index (κ3) is 4.07. The summed E-state index contributed by atoms with van der Waals surface area (Å²) < 4.78 is 0. The molecule has 2 aromatic carbocycles. The summed E-state index contributed by atoms with van der Waals surface area (Å²) in [5.74, 6) is 0.462. The van der Waals surface area contributed by atoms with Crippen LogP contribution in [0.4, 0.5) is 0 Å². The molecule has 0 aromatic heterocycles. The summed E-state index contributed by atoms with van der Waals surface area (Å²) in [4.78, 5) is 28.4. The Bertz CT molecular complexity index is 1030. The zero-order valence-electron chi connectivity index (χ0n) is 18.4. The Morgan fingerprint density at radius 3 is 2.42 bits per heavy atom. The van der Waals surface area contributed by atoms with E-state index in [1.54, 1.807) is 11.8 Å². The Labute approximate surface area is 183 Å². The lowest BCUT2D eigenvalue weighted by atomic mass is 9.89. The second-order valence-corrected chi connectivity index (χ2v) is 8.91. The number of hydrogen-bond acceptors (Lipinski definition) is 3. The number of carbonyl (C=O) groups excluding carboxylic acids is 2. The van der Waals surface area contributed by atoms with E-state index in [2.05, 4.69) is 30.4 Å². The molecule has 2 saturated heterocycles.